The van der Waals surface area contributed by atoms with Crippen LogP contribution in [0.4, 0.5) is 0 Å². The average molecular weight is 283 g/mol. The molecule has 0 heterocycles. The van der Waals surface area contributed by atoms with Crippen LogP contribution in [-0.2, 0) is 5.41 Å². The van der Waals surface area contributed by atoms with Gasteiger partial charge >= 0.3 is 0 Å². The third-order valence-electron chi connectivity index (χ3n) is 7.04. The SMILES string of the molecule is Cc1ccccc1C1(CCCN)C2CC3CC(C2)CC1C3. The molecule has 0 unspecified atom stereocenters. The van der Waals surface area contributed by atoms with Gasteiger partial charge in [0.15, 0.2) is 0 Å². The van der Waals surface area contributed by atoms with E-state index in [1.165, 1.54) is 50.5 Å². The fourth-order valence-electron chi connectivity index (χ4n) is 6.50. The Balaban J connectivity index is 1.79. The average Bonchev–Trinajstić information content (AvgIpc) is 2.48. The van der Waals surface area contributed by atoms with E-state index in [4.69, 9.17) is 5.73 Å². The number of hydrogen-bond donors (Lipinski definition) is 1. The van der Waals surface area contributed by atoms with E-state index in [1.807, 2.05) is 0 Å². The minimum absolute atomic E-state index is 0.456. The van der Waals surface area contributed by atoms with Gasteiger partial charge in [-0.1, -0.05) is 24.3 Å². The molecular formula is C20H29N. The van der Waals surface area contributed by atoms with Crippen LogP contribution in [0.15, 0.2) is 24.3 Å². The summed E-state index contributed by atoms with van der Waals surface area (Å²) < 4.78 is 0. The van der Waals surface area contributed by atoms with Crippen LogP contribution in [0, 0.1) is 30.6 Å². The van der Waals surface area contributed by atoms with Crippen molar-refractivity contribution < 1.29 is 0 Å². The number of nitrogens with two attached hydrogens (primary N) is 1. The Bertz CT molecular complexity index is 490. The second-order valence-electron chi connectivity index (χ2n) is 8.05. The molecule has 4 aliphatic carbocycles. The predicted octanol–water partition coefficient (Wildman–Crippen LogP) is 4.43. The van der Waals surface area contributed by atoms with E-state index in [1.54, 1.807) is 5.56 Å². The molecule has 0 aliphatic heterocycles. The van der Waals surface area contributed by atoms with Crippen molar-refractivity contribution in [1.82, 2.24) is 0 Å². The summed E-state index contributed by atoms with van der Waals surface area (Å²) in [5.41, 5.74) is 9.55. The minimum atomic E-state index is 0.456. The highest BCUT2D eigenvalue weighted by Crippen LogP contribution is 2.64. The second kappa shape index (κ2) is 5.12. The van der Waals surface area contributed by atoms with Crippen LogP contribution < -0.4 is 5.73 Å². The van der Waals surface area contributed by atoms with E-state index in [0.717, 1.165) is 30.2 Å². The van der Waals surface area contributed by atoms with Gasteiger partial charge in [0.25, 0.3) is 0 Å². The van der Waals surface area contributed by atoms with Gasteiger partial charge in [-0.3, -0.25) is 0 Å². The molecule has 114 valence electrons. The summed E-state index contributed by atoms with van der Waals surface area (Å²) in [6, 6.07) is 9.22. The van der Waals surface area contributed by atoms with Gasteiger partial charge in [0.05, 0.1) is 0 Å². The van der Waals surface area contributed by atoms with Crippen molar-refractivity contribution in [2.75, 3.05) is 6.54 Å². The molecule has 0 aromatic heterocycles. The third-order valence-corrected chi connectivity index (χ3v) is 7.04. The van der Waals surface area contributed by atoms with Gasteiger partial charge < -0.3 is 5.73 Å². The molecular weight excluding hydrogens is 254 g/mol. The Morgan fingerprint density at radius 2 is 1.62 bits per heavy atom. The van der Waals surface area contributed by atoms with Crippen LogP contribution in [-0.4, -0.2) is 6.54 Å². The molecule has 0 atom stereocenters. The van der Waals surface area contributed by atoms with Gasteiger partial charge in [0, 0.05) is 5.41 Å². The lowest BCUT2D eigenvalue weighted by atomic mass is 9.42. The van der Waals surface area contributed by atoms with E-state index in [-0.39, 0.29) is 0 Å². The van der Waals surface area contributed by atoms with Crippen LogP contribution in [0.25, 0.3) is 0 Å². The summed E-state index contributed by atoms with van der Waals surface area (Å²) in [7, 11) is 0. The van der Waals surface area contributed by atoms with Gasteiger partial charge in [-0.2, -0.15) is 0 Å². The maximum atomic E-state index is 5.91. The highest BCUT2D eigenvalue weighted by atomic mass is 14.6. The van der Waals surface area contributed by atoms with E-state index in [9.17, 15) is 0 Å². The molecule has 1 heteroatoms. The van der Waals surface area contributed by atoms with Crippen LogP contribution >= 0.6 is 0 Å². The van der Waals surface area contributed by atoms with Gasteiger partial charge in [-0.15, -0.1) is 0 Å². The number of benzene rings is 1. The molecule has 0 amide bonds. The lowest BCUT2D eigenvalue weighted by Gasteiger charge is -2.62. The van der Waals surface area contributed by atoms with Crippen molar-refractivity contribution in [2.24, 2.45) is 29.4 Å². The summed E-state index contributed by atoms with van der Waals surface area (Å²) in [6.45, 7) is 3.17. The molecule has 5 rings (SSSR count). The van der Waals surface area contributed by atoms with Crippen LogP contribution in [0.5, 0.6) is 0 Å². The van der Waals surface area contributed by atoms with Crippen molar-refractivity contribution in [3.8, 4) is 0 Å². The third kappa shape index (κ3) is 2.00. The van der Waals surface area contributed by atoms with E-state index >= 15 is 0 Å². The lowest BCUT2D eigenvalue weighted by molar-refractivity contribution is -0.0658. The Kier molecular flexibility index (Phi) is 3.37. The zero-order chi connectivity index (χ0) is 14.4. The molecule has 4 bridgehead atoms. The zero-order valence-corrected chi connectivity index (χ0v) is 13.4. The first-order chi connectivity index (χ1) is 10.2. The van der Waals surface area contributed by atoms with Crippen LogP contribution in [0.3, 0.4) is 0 Å². The first-order valence-electron chi connectivity index (χ1n) is 9.00. The number of hydrogen-bond acceptors (Lipinski definition) is 1. The maximum absolute atomic E-state index is 5.91. The Labute approximate surface area is 129 Å². The summed E-state index contributed by atoms with van der Waals surface area (Å²) >= 11 is 0. The molecule has 1 aromatic rings. The monoisotopic (exact) mass is 283 g/mol. The normalized spacial score (nSPS) is 40.7. The van der Waals surface area contributed by atoms with Gasteiger partial charge in [0.1, 0.15) is 0 Å². The predicted molar refractivity (Wildman–Crippen MR) is 88.2 cm³/mol. The molecule has 0 saturated heterocycles. The highest BCUT2D eigenvalue weighted by molar-refractivity contribution is 5.37. The molecule has 4 fully saturated rings. The van der Waals surface area contributed by atoms with Crippen molar-refractivity contribution in [2.45, 2.75) is 57.3 Å². The van der Waals surface area contributed by atoms with E-state index in [2.05, 4.69) is 31.2 Å². The van der Waals surface area contributed by atoms with Crippen molar-refractivity contribution in [3.63, 3.8) is 0 Å². The molecule has 2 N–H and O–H groups in total. The van der Waals surface area contributed by atoms with Crippen LogP contribution in [0.2, 0.25) is 0 Å². The summed E-state index contributed by atoms with van der Waals surface area (Å²) in [5, 5.41) is 0. The Hall–Kier alpha value is -0.820. The zero-order valence-electron chi connectivity index (χ0n) is 13.4. The lowest BCUT2D eigenvalue weighted by Crippen LogP contribution is -2.55. The molecule has 1 nitrogen and oxygen atoms in total. The smallest absolute Gasteiger partial charge is 0.00129 e. The Morgan fingerprint density at radius 3 is 2.19 bits per heavy atom. The quantitative estimate of drug-likeness (QED) is 0.869. The Morgan fingerprint density at radius 1 is 1.00 bits per heavy atom. The standard InChI is InChI=1S/C20H29N/c1-14-5-2-3-6-19(14)20(7-4-8-21)17-10-15-9-16(12-17)13-18(20)11-15/h2-3,5-6,15-18H,4,7-13,21H2,1H3. The van der Waals surface area contributed by atoms with E-state index < -0.39 is 0 Å². The fourth-order valence-corrected chi connectivity index (χ4v) is 6.50. The highest BCUT2D eigenvalue weighted by Gasteiger charge is 2.57. The first kappa shape index (κ1) is 13.8. The number of rotatable bonds is 4. The van der Waals surface area contributed by atoms with E-state index in [0.29, 0.717) is 5.41 Å². The first-order valence-corrected chi connectivity index (χ1v) is 9.00. The number of aryl methyl sites for hydroxylation is 1. The summed E-state index contributed by atoms with van der Waals surface area (Å²) in [6.07, 6.45) is 10.0. The largest absolute Gasteiger partial charge is 0.330 e. The van der Waals surface area contributed by atoms with Crippen molar-refractivity contribution in [1.29, 1.82) is 0 Å². The summed E-state index contributed by atoms with van der Waals surface area (Å²) in [5.74, 6) is 3.95. The summed E-state index contributed by atoms with van der Waals surface area (Å²) in [4.78, 5) is 0. The van der Waals surface area contributed by atoms with Gasteiger partial charge in [-0.25, -0.2) is 0 Å². The maximum Gasteiger partial charge on any atom is 0.00129 e. The molecule has 0 spiro atoms. The van der Waals surface area contributed by atoms with Crippen molar-refractivity contribution in [3.05, 3.63) is 35.4 Å². The molecule has 1 aromatic carbocycles. The van der Waals surface area contributed by atoms with Crippen LogP contribution in [0.1, 0.15) is 56.1 Å². The second-order valence-corrected chi connectivity index (χ2v) is 8.05. The molecule has 4 aliphatic rings. The molecule has 4 saturated carbocycles. The van der Waals surface area contributed by atoms with Crippen molar-refractivity contribution >= 4 is 0 Å². The van der Waals surface area contributed by atoms with Gasteiger partial charge in [0.2, 0.25) is 0 Å². The topological polar surface area (TPSA) is 26.0 Å². The van der Waals surface area contributed by atoms with Gasteiger partial charge in [-0.05, 0) is 93.2 Å². The fraction of sp³-hybridized carbons (Fsp3) is 0.700. The molecule has 21 heavy (non-hydrogen) atoms. The molecule has 0 radical (unpaired) electrons. The minimum Gasteiger partial charge on any atom is -0.330 e.